The summed E-state index contributed by atoms with van der Waals surface area (Å²) in [6, 6.07) is 4.71. The van der Waals surface area contributed by atoms with Gasteiger partial charge in [-0.05, 0) is 54.7 Å². The maximum atomic E-state index is 4.42. The second-order valence-electron chi connectivity index (χ2n) is 7.47. The van der Waals surface area contributed by atoms with Gasteiger partial charge in [0.15, 0.2) is 0 Å². The first-order valence-electron chi connectivity index (χ1n) is 6.95. The Kier molecular flexibility index (Phi) is 3.39. The van der Waals surface area contributed by atoms with Crippen LogP contribution < -0.4 is 5.32 Å². The quantitative estimate of drug-likeness (QED) is 0.836. The van der Waals surface area contributed by atoms with Crippen LogP contribution in [-0.2, 0) is 0 Å². The van der Waals surface area contributed by atoms with E-state index in [2.05, 4.69) is 51.0 Å². The van der Waals surface area contributed by atoms with Gasteiger partial charge in [-0.1, -0.05) is 27.7 Å². The summed E-state index contributed by atoms with van der Waals surface area (Å²) in [6.45, 7) is 11.6. The van der Waals surface area contributed by atoms with Gasteiger partial charge in [0, 0.05) is 12.2 Å². The van der Waals surface area contributed by atoms with Crippen LogP contribution in [-0.4, -0.2) is 11.0 Å². The van der Waals surface area contributed by atoms with Gasteiger partial charge < -0.3 is 5.32 Å². The summed E-state index contributed by atoms with van der Waals surface area (Å²) in [5.41, 5.74) is 2.11. The van der Waals surface area contributed by atoms with Crippen molar-refractivity contribution in [2.45, 2.75) is 59.9 Å². The van der Waals surface area contributed by atoms with Crippen molar-refractivity contribution >= 4 is 5.82 Å². The van der Waals surface area contributed by atoms with Crippen LogP contribution in [0.1, 0.15) is 52.5 Å². The van der Waals surface area contributed by atoms with E-state index in [4.69, 9.17) is 0 Å². The molecule has 0 unspecified atom stereocenters. The molecule has 1 aliphatic rings. The number of pyridine rings is 1. The molecule has 0 bridgehead atoms. The molecular formula is C16H26N2. The molecule has 0 amide bonds. The lowest BCUT2D eigenvalue weighted by molar-refractivity contribution is 0.105. The SMILES string of the molecule is Cc1ccnc(NC2CC(C)(C)CC(C)(C)C2)c1. The summed E-state index contributed by atoms with van der Waals surface area (Å²) in [5, 5.41) is 3.62. The number of nitrogens with zero attached hydrogens (tertiary/aromatic N) is 1. The minimum absolute atomic E-state index is 0.420. The number of rotatable bonds is 2. The second kappa shape index (κ2) is 4.56. The molecule has 0 saturated heterocycles. The molecule has 1 aromatic rings. The molecule has 1 saturated carbocycles. The van der Waals surface area contributed by atoms with Crippen molar-refractivity contribution in [1.29, 1.82) is 0 Å². The van der Waals surface area contributed by atoms with E-state index < -0.39 is 0 Å². The fourth-order valence-electron chi connectivity index (χ4n) is 3.77. The van der Waals surface area contributed by atoms with E-state index >= 15 is 0 Å². The molecule has 0 aromatic carbocycles. The lowest BCUT2D eigenvalue weighted by Gasteiger charge is -2.45. The Morgan fingerprint density at radius 3 is 2.33 bits per heavy atom. The summed E-state index contributed by atoms with van der Waals surface area (Å²) in [6.07, 6.45) is 5.65. The first kappa shape index (κ1) is 13.4. The van der Waals surface area contributed by atoms with Crippen molar-refractivity contribution < 1.29 is 0 Å². The highest BCUT2D eigenvalue weighted by Gasteiger charge is 2.38. The minimum atomic E-state index is 0.420. The zero-order valence-electron chi connectivity index (χ0n) is 12.4. The number of nitrogens with one attached hydrogen (secondary N) is 1. The van der Waals surface area contributed by atoms with Gasteiger partial charge in [0.1, 0.15) is 5.82 Å². The minimum Gasteiger partial charge on any atom is -0.367 e. The Labute approximate surface area is 111 Å². The van der Waals surface area contributed by atoms with Crippen molar-refractivity contribution in [2.24, 2.45) is 10.8 Å². The average molecular weight is 246 g/mol. The van der Waals surface area contributed by atoms with Gasteiger partial charge in [-0.3, -0.25) is 0 Å². The van der Waals surface area contributed by atoms with Crippen LogP contribution >= 0.6 is 0 Å². The van der Waals surface area contributed by atoms with Crippen molar-refractivity contribution in [3.05, 3.63) is 23.9 Å². The lowest BCUT2D eigenvalue weighted by Crippen LogP contribution is -2.40. The molecular weight excluding hydrogens is 220 g/mol. The molecule has 1 N–H and O–H groups in total. The molecule has 100 valence electrons. The van der Waals surface area contributed by atoms with Crippen LogP contribution in [0.4, 0.5) is 5.82 Å². The van der Waals surface area contributed by atoms with Gasteiger partial charge in [0.25, 0.3) is 0 Å². The normalized spacial score (nSPS) is 22.7. The number of hydrogen-bond donors (Lipinski definition) is 1. The van der Waals surface area contributed by atoms with Crippen molar-refractivity contribution in [3.8, 4) is 0 Å². The van der Waals surface area contributed by atoms with Gasteiger partial charge in [-0.15, -0.1) is 0 Å². The van der Waals surface area contributed by atoms with Gasteiger partial charge >= 0.3 is 0 Å². The molecule has 1 heterocycles. The Hall–Kier alpha value is -1.05. The highest BCUT2D eigenvalue weighted by atomic mass is 15.0. The maximum Gasteiger partial charge on any atom is 0.126 e. The van der Waals surface area contributed by atoms with E-state index in [1.54, 1.807) is 0 Å². The summed E-state index contributed by atoms with van der Waals surface area (Å²) >= 11 is 0. The first-order chi connectivity index (χ1) is 8.26. The topological polar surface area (TPSA) is 24.9 Å². The van der Waals surface area contributed by atoms with Crippen LogP contribution in [0.25, 0.3) is 0 Å². The number of aryl methyl sites for hydroxylation is 1. The molecule has 0 radical (unpaired) electrons. The molecule has 2 nitrogen and oxygen atoms in total. The van der Waals surface area contributed by atoms with Crippen molar-refractivity contribution in [1.82, 2.24) is 4.98 Å². The smallest absolute Gasteiger partial charge is 0.126 e. The molecule has 0 spiro atoms. The molecule has 2 heteroatoms. The average Bonchev–Trinajstić information content (AvgIpc) is 2.11. The summed E-state index contributed by atoms with van der Waals surface area (Å²) in [4.78, 5) is 4.42. The zero-order chi connectivity index (χ0) is 13.4. The monoisotopic (exact) mass is 246 g/mol. The highest BCUT2D eigenvalue weighted by Crippen LogP contribution is 2.46. The molecule has 0 atom stereocenters. The summed E-state index contributed by atoms with van der Waals surface area (Å²) < 4.78 is 0. The van der Waals surface area contributed by atoms with Crippen LogP contribution in [0.2, 0.25) is 0 Å². The fourth-order valence-corrected chi connectivity index (χ4v) is 3.77. The van der Waals surface area contributed by atoms with Crippen LogP contribution in [0.3, 0.4) is 0 Å². The Bertz CT molecular complexity index is 405. The van der Waals surface area contributed by atoms with Crippen molar-refractivity contribution in [2.75, 3.05) is 5.32 Å². The first-order valence-corrected chi connectivity index (χ1v) is 6.95. The second-order valence-corrected chi connectivity index (χ2v) is 7.47. The van der Waals surface area contributed by atoms with Crippen LogP contribution in [0, 0.1) is 17.8 Å². The lowest BCUT2D eigenvalue weighted by atomic mass is 9.63. The number of anilines is 1. The predicted octanol–water partition coefficient (Wildman–Crippen LogP) is 4.41. The molecule has 1 fully saturated rings. The Morgan fingerprint density at radius 2 is 1.78 bits per heavy atom. The molecule has 1 aliphatic carbocycles. The molecule has 1 aromatic heterocycles. The Balaban J connectivity index is 2.09. The van der Waals surface area contributed by atoms with E-state index in [0.717, 1.165) is 5.82 Å². The van der Waals surface area contributed by atoms with E-state index in [1.165, 1.54) is 24.8 Å². The third kappa shape index (κ3) is 3.47. The summed E-state index contributed by atoms with van der Waals surface area (Å²) in [7, 11) is 0. The standard InChI is InChI=1S/C16H26N2/c1-12-6-7-17-14(8-12)18-13-9-15(2,3)11-16(4,5)10-13/h6-8,13H,9-11H2,1-5H3,(H,17,18). The van der Waals surface area contributed by atoms with Gasteiger partial charge in [-0.25, -0.2) is 4.98 Å². The van der Waals surface area contributed by atoms with Gasteiger partial charge in [0.05, 0.1) is 0 Å². The van der Waals surface area contributed by atoms with E-state index in [-0.39, 0.29) is 0 Å². The van der Waals surface area contributed by atoms with Gasteiger partial charge in [-0.2, -0.15) is 0 Å². The van der Waals surface area contributed by atoms with E-state index in [9.17, 15) is 0 Å². The van der Waals surface area contributed by atoms with Gasteiger partial charge in [0.2, 0.25) is 0 Å². The fraction of sp³-hybridized carbons (Fsp3) is 0.688. The third-order valence-corrected chi connectivity index (χ3v) is 3.82. The summed E-state index contributed by atoms with van der Waals surface area (Å²) in [5.74, 6) is 1.02. The largest absolute Gasteiger partial charge is 0.367 e. The molecule has 0 aliphatic heterocycles. The van der Waals surface area contributed by atoms with E-state index in [1.807, 2.05) is 12.3 Å². The molecule has 2 rings (SSSR count). The maximum absolute atomic E-state index is 4.42. The predicted molar refractivity (Wildman–Crippen MR) is 77.8 cm³/mol. The van der Waals surface area contributed by atoms with Crippen LogP contribution in [0.15, 0.2) is 18.3 Å². The Morgan fingerprint density at radius 1 is 1.17 bits per heavy atom. The number of aromatic nitrogens is 1. The van der Waals surface area contributed by atoms with E-state index in [0.29, 0.717) is 16.9 Å². The van der Waals surface area contributed by atoms with Crippen molar-refractivity contribution in [3.63, 3.8) is 0 Å². The number of hydrogen-bond acceptors (Lipinski definition) is 2. The zero-order valence-corrected chi connectivity index (χ0v) is 12.4. The van der Waals surface area contributed by atoms with Crippen LogP contribution in [0.5, 0.6) is 0 Å². The third-order valence-electron chi connectivity index (χ3n) is 3.82. The highest BCUT2D eigenvalue weighted by molar-refractivity contribution is 5.38. The molecule has 18 heavy (non-hydrogen) atoms.